The van der Waals surface area contributed by atoms with Gasteiger partial charge in [-0.15, -0.1) is 0 Å². The Bertz CT molecular complexity index is 734. The molecule has 0 saturated carbocycles. The van der Waals surface area contributed by atoms with Crippen molar-refractivity contribution in [3.63, 3.8) is 0 Å². The number of anilines is 2. The van der Waals surface area contributed by atoms with E-state index in [1.165, 1.54) is 5.39 Å². The average molecular weight is 268 g/mol. The molecule has 0 aliphatic rings. The number of hydrogen-bond acceptors (Lipinski definition) is 3. The van der Waals surface area contributed by atoms with E-state index in [0.29, 0.717) is 11.5 Å². The number of aromatic nitrogens is 1. The highest BCUT2D eigenvalue weighted by Crippen LogP contribution is 2.36. The maximum absolute atomic E-state index is 5.42. The van der Waals surface area contributed by atoms with Gasteiger partial charge < -0.3 is 19.8 Å². The first-order chi connectivity index (χ1) is 9.81. The number of nitrogens with one attached hydrogen (secondary N) is 2. The first kappa shape index (κ1) is 12.4. The summed E-state index contributed by atoms with van der Waals surface area (Å²) in [5.41, 5.74) is 2.96. The molecule has 20 heavy (non-hydrogen) atoms. The number of H-pyrrole nitrogens is 1. The molecule has 0 amide bonds. The Labute approximate surface area is 117 Å². The van der Waals surface area contributed by atoms with Gasteiger partial charge in [0.15, 0.2) is 11.5 Å². The molecule has 0 fully saturated rings. The Morgan fingerprint density at radius 1 is 1.00 bits per heavy atom. The fourth-order valence-corrected chi connectivity index (χ4v) is 2.27. The second kappa shape index (κ2) is 5.17. The lowest BCUT2D eigenvalue weighted by Crippen LogP contribution is -1.97. The van der Waals surface area contributed by atoms with Gasteiger partial charge >= 0.3 is 0 Å². The number of benzene rings is 2. The number of methoxy groups -OCH3 is 2. The van der Waals surface area contributed by atoms with Crippen LogP contribution in [0.15, 0.2) is 48.7 Å². The van der Waals surface area contributed by atoms with E-state index in [1.54, 1.807) is 14.2 Å². The molecule has 0 spiro atoms. The van der Waals surface area contributed by atoms with Gasteiger partial charge in [-0.2, -0.15) is 0 Å². The van der Waals surface area contributed by atoms with Crippen molar-refractivity contribution >= 4 is 22.3 Å². The number of rotatable bonds is 4. The van der Waals surface area contributed by atoms with Gasteiger partial charge in [0.1, 0.15) is 0 Å². The third-order valence-electron chi connectivity index (χ3n) is 3.24. The second-order valence-electron chi connectivity index (χ2n) is 4.45. The van der Waals surface area contributed by atoms with Gasteiger partial charge in [0.25, 0.3) is 0 Å². The molecule has 0 unspecified atom stereocenters. The van der Waals surface area contributed by atoms with E-state index >= 15 is 0 Å². The first-order valence-electron chi connectivity index (χ1n) is 6.37. The summed E-state index contributed by atoms with van der Waals surface area (Å²) < 4.78 is 10.7. The maximum Gasteiger partial charge on any atom is 0.184 e. The highest BCUT2D eigenvalue weighted by atomic mass is 16.5. The summed E-state index contributed by atoms with van der Waals surface area (Å²) in [5.74, 6) is 1.40. The second-order valence-corrected chi connectivity index (χ2v) is 4.45. The summed E-state index contributed by atoms with van der Waals surface area (Å²) in [6.07, 6.45) is 1.93. The highest BCUT2D eigenvalue weighted by molar-refractivity contribution is 5.84. The molecule has 3 rings (SSSR count). The van der Waals surface area contributed by atoms with Gasteiger partial charge in [-0.3, -0.25) is 0 Å². The van der Waals surface area contributed by atoms with Crippen molar-refractivity contribution in [2.24, 2.45) is 0 Å². The third kappa shape index (κ3) is 2.16. The van der Waals surface area contributed by atoms with Gasteiger partial charge in [0, 0.05) is 17.4 Å². The molecule has 2 N–H and O–H groups in total. The third-order valence-corrected chi connectivity index (χ3v) is 3.24. The van der Waals surface area contributed by atoms with Crippen LogP contribution in [-0.4, -0.2) is 19.2 Å². The molecule has 0 aliphatic carbocycles. The Morgan fingerprint density at radius 2 is 1.90 bits per heavy atom. The van der Waals surface area contributed by atoms with Crippen LogP contribution < -0.4 is 14.8 Å². The van der Waals surface area contributed by atoms with Crippen LogP contribution in [0.1, 0.15) is 0 Å². The Kier molecular flexibility index (Phi) is 3.21. The summed E-state index contributed by atoms with van der Waals surface area (Å²) in [4.78, 5) is 3.20. The summed E-state index contributed by atoms with van der Waals surface area (Å²) in [6.45, 7) is 0. The molecule has 102 valence electrons. The molecule has 0 saturated heterocycles. The van der Waals surface area contributed by atoms with Crippen molar-refractivity contribution < 1.29 is 9.47 Å². The molecule has 0 aliphatic heterocycles. The zero-order valence-electron chi connectivity index (χ0n) is 11.4. The Morgan fingerprint density at radius 3 is 2.70 bits per heavy atom. The Hall–Kier alpha value is -2.62. The number of fused-ring (bicyclic) bond motifs is 1. The van der Waals surface area contributed by atoms with E-state index in [9.17, 15) is 0 Å². The minimum Gasteiger partial charge on any atom is -0.493 e. The van der Waals surface area contributed by atoms with Crippen molar-refractivity contribution in [3.05, 3.63) is 48.7 Å². The summed E-state index contributed by atoms with van der Waals surface area (Å²) >= 11 is 0. The van der Waals surface area contributed by atoms with Crippen LogP contribution in [0.4, 0.5) is 11.4 Å². The van der Waals surface area contributed by atoms with Crippen LogP contribution in [0.5, 0.6) is 11.5 Å². The van der Waals surface area contributed by atoms with Gasteiger partial charge in [-0.25, -0.2) is 0 Å². The van der Waals surface area contributed by atoms with Crippen LogP contribution >= 0.6 is 0 Å². The smallest absolute Gasteiger partial charge is 0.184 e. The molecule has 0 radical (unpaired) electrons. The molecular formula is C16H16N2O2. The summed E-state index contributed by atoms with van der Waals surface area (Å²) in [6, 6.07) is 14.0. The highest BCUT2D eigenvalue weighted by Gasteiger charge is 2.09. The number of aromatic amines is 1. The van der Waals surface area contributed by atoms with Crippen molar-refractivity contribution in [3.8, 4) is 11.5 Å². The molecule has 4 heteroatoms. The standard InChI is InChI=1S/C16H16N2O2/c1-19-15-5-3-4-13(16(15)20-2)18-12-7-6-11-8-9-17-14(11)10-12/h3-10,17-18H,1-2H3. The number of para-hydroxylation sites is 1. The zero-order valence-corrected chi connectivity index (χ0v) is 11.4. The zero-order chi connectivity index (χ0) is 13.9. The van der Waals surface area contributed by atoms with E-state index in [2.05, 4.69) is 22.4 Å². The van der Waals surface area contributed by atoms with E-state index in [4.69, 9.17) is 9.47 Å². The quantitative estimate of drug-likeness (QED) is 0.753. The lowest BCUT2D eigenvalue weighted by atomic mass is 10.2. The van der Waals surface area contributed by atoms with E-state index in [-0.39, 0.29) is 0 Å². The van der Waals surface area contributed by atoms with Crippen molar-refractivity contribution in [2.75, 3.05) is 19.5 Å². The van der Waals surface area contributed by atoms with Crippen LogP contribution in [-0.2, 0) is 0 Å². The Balaban J connectivity index is 1.97. The first-order valence-corrected chi connectivity index (χ1v) is 6.37. The van der Waals surface area contributed by atoms with E-state index in [0.717, 1.165) is 16.9 Å². The number of ether oxygens (including phenoxy) is 2. The lowest BCUT2D eigenvalue weighted by Gasteiger charge is -2.14. The van der Waals surface area contributed by atoms with Crippen molar-refractivity contribution in [1.82, 2.24) is 4.98 Å². The fraction of sp³-hybridized carbons (Fsp3) is 0.125. The number of hydrogen-bond donors (Lipinski definition) is 2. The SMILES string of the molecule is COc1cccc(Nc2ccc3cc[nH]c3c2)c1OC. The minimum atomic E-state index is 0.696. The van der Waals surface area contributed by atoms with Crippen LogP contribution in [0, 0.1) is 0 Å². The van der Waals surface area contributed by atoms with Crippen LogP contribution in [0.3, 0.4) is 0 Å². The van der Waals surface area contributed by atoms with E-state index in [1.807, 2.05) is 36.5 Å². The molecule has 1 aromatic heterocycles. The molecule has 0 atom stereocenters. The predicted octanol–water partition coefficient (Wildman–Crippen LogP) is 3.93. The predicted molar refractivity (Wildman–Crippen MR) is 81.1 cm³/mol. The molecule has 4 nitrogen and oxygen atoms in total. The van der Waals surface area contributed by atoms with Gasteiger partial charge in [0.05, 0.1) is 19.9 Å². The molecule has 0 bridgehead atoms. The lowest BCUT2D eigenvalue weighted by molar-refractivity contribution is 0.356. The van der Waals surface area contributed by atoms with E-state index < -0.39 is 0 Å². The topological polar surface area (TPSA) is 46.3 Å². The van der Waals surface area contributed by atoms with Gasteiger partial charge in [-0.1, -0.05) is 12.1 Å². The average Bonchev–Trinajstić information content (AvgIpc) is 2.94. The molecule has 3 aromatic rings. The monoisotopic (exact) mass is 268 g/mol. The van der Waals surface area contributed by atoms with Crippen molar-refractivity contribution in [1.29, 1.82) is 0 Å². The van der Waals surface area contributed by atoms with Crippen LogP contribution in [0.25, 0.3) is 10.9 Å². The maximum atomic E-state index is 5.42. The molecule has 1 heterocycles. The summed E-state index contributed by atoms with van der Waals surface area (Å²) in [7, 11) is 3.27. The van der Waals surface area contributed by atoms with Gasteiger partial charge in [0.2, 0.25) is 0 Å². The summed E-state index contributed by atoms with van der Waals surface area (Å²) in [5, 5.41) is 4.54. The van der Waals surface area contributed by atoms with Crippen molar-refractivity contribution in [2.45, 2.75) is 0 Å². The molecule has 2 aromatic carbocycles. The van der Waals surface area contributed by atoms with Crippen LogP contribution in [0.2, 0.25) is 0 Å². The minimum absolute atomic E-state index is 0.696. The largest absolute Gasteiger partial charge is 0.493 e. The normalized spacial score (nSPS) is 10.5. The molecular weight excluding hydrogens is 252 g/mol. The van der Waals surface area contributed by atoms with Gasteiger partial charge in [-0.05, 0) is 35.7 Å². The fourth-order valence-electron chi connectivity index (χ4n) is 2.27.